The highest BCUT2D eigenvalue weighted by Gasteiger charge is 2.20. The van der Waals surface area contributed by atoms with Gasteiger partial charge in [-0.3, -0.25) is 9.97 Å². The van der Waals surface area contributed by atoms with Gasteiger partial charge in [0.2, 0.25) is 11.8 Å². The molecule has 7 rings (SSSR count). The molecule has 0 unspecified atom stereocenters. The normalized spacial score (nSPS) is 11.4. The van der Waals surface area contributed by atoms with Crippen molar-refractivity contribution in [3.05, 3.63) is 85.5 Å². The fourth-order valence-electron chi connectivity index (χ4n) is 3.73. The first-order valence-corrected chi connectivity index (χ1v) is 13.0. The van der Waals surface area contributed by atoms with Crippen LogP contribution >= 0.6 is 23.5 Å². The summed E-state index contributed by atoms with van der Waals surface area (Å²) in [5.74, 6) is 0.783. The minimum absolute atomic E-state index is 0.330. The van der Waals surface area contributed by atoms with Crippen LogP contribution in [0.3, 0.4) is 0 Å². The first-order valence-electron chi connectivity index (χ1n) is 11.3. The maximum atomic E-state index is 5.90. The lowest BCUT2D eigenvalue weighted by atomic mass is 10.1. The highest BCUT2D eigenvalue weighted by molar-refractivity contribution is 8.02. The zero-order valence-corrected chi connectivity index (χ0v) is 20.9. The summed E-state index contributed by atoms with van der Waals surface area (Å²) in [5, 5.41) is 20.7. The van der Waals surface area contributed by atoms with Gasteiger partial charge in [-0.05, 0) is 70.7 Å². The lowest BCUT2D eigenvalue weighted by molar-refractivity contribution is 0.463. The summed E-state index contributed by atoms with van der Waals surface area (Å²) >= 11 is 2.45. The molecule has 182 valence electrons. The zero-order valence-electron chi connectivity index (χ0n) is 19.3. The van der Waals surface area contributed by atoms with Gasteiger partial charge >= 0.3 is 0 Å². The van der Waals surface area contributed by atoms with Crippen molar-refractivity contribution in [1.29, 1.82) is 0 Å². The molecule has 5 heterocycles. The van der Waals surface area contributed by atoms with Crippen molar-refractivity contribution in [3.8, 4) is 22.9 Å². The van der Waals surface area contributed by atoms with Gasteiger partial charge in [0.25, 0.3) is 10.4 Å². The molecule has 12 heteroatoms. The van der Waals surface area contributed by atoms with Crippen LogP contribution in [-0.4, -0.2) is 40.3 Å². The Morgan fingerprint density at radius 2 is 0.974 bits per heavy atom. The van der Waals surface area contributed by atoms with Gasteiger partial charge < -0.3 is 8.83 Å². The summed E-state index contributed by atoms with van der Waals surface area (Å²) in [6, 6.07) is 19.3. The summed E-state index contributed by atoms with van der Waals surface area (Å²) in [4.78, 5) is 17.9. The minimum Gasteiger partial charge on any atom is -0.411 e. The van der Waals surface area contributed by atoms with Gasteiger partial charge in [0.15, 0.2) is 0 Å². The van der Waals surface area contributed by atoms with Gasteiger partial charge in [-0.1, -0.05) is 24.3 Å². The van der Waals surface area contributed by atoms with Crippen LogP contribution < -0.4 is 0 Å². The Morgan fingerprint density at radius 3 is 1.42 bits per heavy atom. The predicted molar refractivity (Wildman–Crippen MR) is 140 cm³/mol. The number of aromatic nitrogens is 8. The van der Waals surface area contributed by atoms with E-state index in [0.29, 0.717) is 32.3 Å². The van der Waals surface area contributed by atoms with Gasteiger partial charge in [-0.2, -0.15) is 0 Å². The van der Waals surface area contributed by atoms with E-state index >= 15 is 0 Å². The van der Waals surface area contributed by atoms with E-state index in [1.54, 1.807) is 49.1 Å². The minimum atomic E-state index is 0.330. The van der Waals surface area contributed by atoms with Gasteiger partial charge in [0.1, 0.15) is 10.1 Å². The van der Waals surface area contributed by atoms with Crippen molar-refractivity contribution in [2.45, 2.75) is 20.5 Å². The third-order valence-corrected chi connectivity index (χ3v) is 7.27. The number of hydrogen-bond donors (Lipinski definition) is 0. The molecule has 0 aliphatic heterocycles. The second-order valence-electron chi connectivity index (χ2n) is 7.94. The summed E-state index contributed by atoms with van der Waals surface area (Å²) in [5.41, 5.74) is 3.04. The van der Waals surface area contributed by atoms with E-state index in [2.05, 4.69) is 30.4 Å². The molecule has 0 aliphatic rings. The van der Waals surface area contributed by atoms with Gasteiger partial charge in [-0.25, -0.2) is 9.97 Å². The average Bonchev–Trinajstić information content (AvgIpc) is 3.63. The van der Waals surface area contributed by atoms with E-state index in [1.165, 1.54) is 23.5 Å². The monoisotopic (exact) mass is 534 g/mol. The van der Waals surface area contributed by atoms with Crippen molar-refractivity contribution in [3.63, 3.8) is 0 Å². The molecule has 7 aromatic rings. The van der Waals surface area contributed by atoms with E-state index in [4.69, 9.17) is 18.8 Å². The molecular formula is C26H14N8O2S2. The second-order valence-corrected chi connectivity index (χ2v) is 9.82. The maximum absolute atomic E-state index is 5.90. The smallest absolute Gasteiger partial charge is 0.283 e. The fourth-order valence-corrected chi connectivity index (χ4v) is 5.27. The molecule has 0 N–H and O–H groups in total. The summed E-state index contributed by atoms with van der Waals surface area (Å²) < 4.78 is 11.8. The van der Waals surface area contributed by atoms with Crippen molar-refractivity contribution in [2.75, 3.05) is 0 Å². The Kier molecular flexibility index (Phi) is 5.72. The number of hydrogen-bond acceptors (Lipinski definition) is 12. The fraction of sp³-hybridized carbons (Fsp3) is 0. The molecule has 0 atom stereocenters. The van der Waals surface area contributed by atoms with Gasteiger partial charge in [-0.15, -0.1) is 20.4 Å². The molecule has 0 saturated heterocycles. The lowest BCUT2D eigenvalue weighted by Crippen LogP contribution is -1.93. The standard InChI is InChI=1S/C26H14N8O2S2/c1-2-4-18-14-20-19(13-17(18)3-1)29-23(37-25-33-31-21(35-25)15-5-9-27-10-6-15)24(30-20)38-26-34-32-22(36-26)16-7-11-28-12-8-16/h1-14H. The molecule has 0 fully saturated rings. The van der Waals surface area contributed by atoms with E-state index in [0.717, 1.165) is 32.9 Å². The van der Waals surface area contributed by atoms with E-state index in [9.17, 15) is 0 Å². The number of pyridine rings is 2. The molecule has 0 aliphatic carbocycles. The van der Waals surface area contributed by atoms with Gasteiger partial charge in [0, 0.05) is 35.9 Å². The molecule has 0 spiro atoms. The van der Waals surface area contributed by atoms with Crippen molar-refractivity contribution in [1.82, 2.24) is 40.3 Å². The van der Waals surface area contributed by atoms with Crippen LogP contribution in [0.4, 0.5) is 0 Å². The third-order valence-electron chi connectivity index (χ3n) is 5.51. The van der Waals surface area contributed by atoms with Gasteiger partial charge in [0.05, 0.1) is 11.0 Å². The van der Waals surface area contributed by atoms with Crippen LogP contribution in [-0.2, 0) is 0 Å². The SMILES string of the molecule is c1ccc2cc3nc(Sc4nnc(-c5ccncc5)o4)c(Sc4nnc(-c5ccncc5)o4)nc3cc2c1. The molecule has 5 aromatic heterocycles. The molecule has 0 radical (unpaired) electrons. The Balaban J connectivity index is 1.28. The second kappa shape index (κ2) is 9.65. The van der Waals surface area contributed by atoms with E-state index in [1.807, 2.05) is 36.4 Å². The summed E-state index contributed by atoms with van der Waals surface area (Å²) in [6.07, 6.45) is 6.69. The maximum Gasteiger partial charge on any atom is 0.283 e. The number of nitrogens with zero attached hydrogens (tertiary/aromatic N) is 8. The molecule has 10 nitrogen and oxygen atoms in total. The Bertz CT molecular complexity index is 1760. The first-order chi connectivity index (χ1) is 18.8. The molecule has 0 amide bonds. The van der Waals surface area contributed by atoms with Crippen molar-refractivity contribution >= 4 is 45.3 Å². The van der Waals surface area contributed by atoms with Crippen LogP contribution in [0.2, 0.25) is 0 Å². The quantitative estimate of drug-likeness (QED) is 0.233. The number of rotatable bonds is 6. The number of fused-ring (bicyclic) bond motifs is 2. The highest BCUT2D eigenvalue weighted by atomic mass is 32.2. The summed E-state index contributed by atoms with van der Waals surface area (Å²) in [7, 11) is 0. The molecule has 2 aromatic carbocycles. The molecule has 0 bridgehead atoms. The van der Waals surface area contributed by atoms with E-state index in [-0.39, 0.29) is 0 Å². The van der Waals surface area contributed by atoms with Crippen LogP contribution in [0.5, 0.6) is 0 Å². The Hall–Kier alpha value is -4.68. The predicted octanol–water partition coefficient (Wildman–Crippen LogP) is 5.98. The van der Waals surface area contributed by atoms with Crippen LogP contribution in [0.15, 0.2) is 115 Å². The largest absolute Gasteiger partial charge is 0.411 e. The topological polar surface area (TPSA) is 129 Å². The van der Waals surface area contributed by atoms with E-state index < -0.39 is 0 Å². The molecule has 0 saturated carbocycles. The Morgan fingerprint density at radius 1 is 0.526 bits per heavy atom. The Labute approximate surface area is 223 Å². The number of benzene rings is 2. The average molecular weight is 535 g/mol. The lowest BCUT2D eigenvalue weighted by Gasteiger charge is -2.07. The highest BCUT2D eigenvalue weighted by Crippen LogP contribution is 2.38. The molecular weight excluding hydrogens is 520 g/mol. The zero-order chi connectivity index (χ0) is 25.3. The van der Waals surface area contributed by atoms with Crippen molar-refractivity contribution in [2.24, 2.45) is 0 Å². The van der Waals surface area contributed by atoms with Crippen LogP contribution in [0.25, 0.3) is 44.7 Å². The van der Waals surface area contributed by atoms with Crippen molar-refractivity contribution < 1.29 is 8.83 Å². The summed E-state index contributed by atoms with van der Waals surface area (Å²) in [6.45, 7) is 0. The third kappa shape index (κ3) is 4.46. The van der Waals surface area contributed by atoms with Crippen LogP contribution in [0.1, 0.15) is 0 Å². The van der Waals surface area contributed by atoms with Crippen LogP contribution in [0, 0.1) is 0 Å². The first kappa shape index (κ1) is 22.5. The molecule has 38 heavy (non-hydrogen) atoms.